The van der Waals surface area contributed by atoms with Crippen molar-refractivity contribution in [2.75, 3.05) is 6.61 Å². The first kappa shape index (κ1) is 9.48. The van der Waals surface area contributed by atoms with E-state index < -0.39 is 12.0 Å². The highest BCUT2D eigenvalue weighted by molar-refractivity contribution is 5.72. The first-order chi connectivity index (χ1) is 5.70. The molecule has 0 radical (unpaired) electrons. The molecule has 1 aliphatic rings. The molecule has 1 aliphatic carbocycles. The Balaban J connectivity index is 1.97. The molecule has 0 aromatic rings. The number of carboxylic acids is 1. The van der Waals surface area contributed by atoms with Gasteiger partial charge in [0, 0.05) is 6.61 Å². The highest BCUT2D eigenvalue weighted by Crippen LogP contribution is 2.21. The van der Waals surface area contributed by atoms with Crippen LogP contribution in [0.4, 0.5) is 0 Å². The van der Waals surface area contributed by atoms with E-state index >= 15 is 0 Å². The quantitative estimate of drug-likeness (QED) is 0.629. The zero-order valence-corrected chi connectivity index (χ0v) is 7.03. The standard InChI is InChI=1S/C8H15NO3/c9-7(8(10)11)4-5-12-6-2-1-3-6/h6-7H,1-5,9H2,(H,10,11). The minimum atomic E-state index is -0.952. The lowest BCUT2D eigenvalue weighted by Crippen LogP contribution is -2.32. The minimum absolute atomic E-state index is 0.367. The van der Waals surface area contributed by atoms with Crippen molar-refractivity contribution < 1.29 is 14.6 Å². The molecule has 4 nitrogen and oxygen atoms in total. The smallest absolute Gasteiger partial charge is 0.320 e. The van der Waals surface area contributed by atoms with E-state index in [9.17, 15) is 4.79 Å². The highest BCUT2D eigenvalue weighted by atomic mass is 16.5. The fraction of sp³-hybridized carbons (Fsp3) is 0.875. The van der Waals surface area contributed by atoms with E-state index in [1.807, 2.05) is 0 Å². The van der Waals surface area contributed by atoms with Gasteiger partial charge in [0.25, 0.3) is 0 Å². The third-order valence-electron chi connectivity index (χ3n) is 2.15. The number of rotatable bonds is 5. The first-order valence-corrected chi connectivity index (χ1v) is 4.30. The van der Waals surface area contributed by atoms with Gasteiger partial charge in [-0.15, -0.1) is 0 Å². The fourth-order valence-electron chi connectivity index (χ4n) is 1.02. The molecule has 0 bridgehead atoms. The molecule has 12 heavy (non-hydrogen) atoms. The van der Waals surface area contributed by atoms with Crippen molar-refractivity contribution in [2.24, 2.45) is 5.73 Å². The van der Waals surface area contributed by atoms with Gasteiger partial charge in [-0.25, -0.2) is 0 Å². The van der Waals surface area contributed by atoms with Crippen LogP contribution in [0.1, 0.15) is 25.7 Å². The van der Waals surface area contributed by atoms with Crippen molar-refractivity contribution in [1.82, 2.24) is 0 Å². The summed E-state index contributed by atoms with van der Waals surface area (Å²) in [6, 6.07) is -0.773. The van der Waals surface area contributed by atoms with Crippen LogP contribution in [0.25, 0.3) is 0 Å². The number of nitrogens with two attached hydrogens (primary N) is 1. The van der Waals surface area contributed by atoms with Gasteiger partial charge in [-0.3, -0.25) is 4.79 Å². The van der Waals surface area contributed by atoms with Crippen LogP contribution in [0.2, 0.25) is 0 Å². The van der Waals surface area contributed by atoms with Crippen LogP contribution >= 0.6 is 0 Å². The molecule has 0 amide bonds. The Labute approximate surface area is 71.7 Å². The maximum absolute atomic E-state index is 10.3. The summed E-state index contributed by atoms with van der Waals surface area (Å²) < 4.78 is 5.36. The predicted molar refractivity (Wildman–Crippen MR) is 43.8 cm³/mol. The Kier molecular flexibility index (Phi) is 3.49. The largest absolute Gasteiger partial charge is 0.480 e. The lowest BCUT2D eigenvalue weighted by atomic mass is 9.96. The molecule has 0 aromatic carbocycles. The van der Waals surface area contributed by atoms with Gasteiger partial charge in [0.1, 0.15) is 6.04 Å². The molecular weight excluding hydrogens is 158 g/mol. The number of carbonyl (C=O) groups is 1. The summed E-state index contributed by atoms with van der Waals surface area (Å²) in [7, 11) is 0. The highest BCUT2D eigenvalue weighted by Gasteiger charge is 2.18. The molecule has 0 spiro atoms. The third-order valence-corrected chi connectivity index (χ3v) is 2.15. The second kappa shape index (κ2) is 4.42. The fourth-order valence-corrected chi connectivity index (χ4v) is 1.02. The molecule has 0 saturated heterocycles. The zero-order chi connectivity index (χ0) is 8.97. The van der Waals surface area contributed by atoms with Gasteiger partial charge in [0.2, 0.25) is 0 Å². The van der Waals surface area contributed by atoms with Crippen molar-refractivity contribution in [2.45, 2.75) is 37.8 Å². The normalized spacial score (nSPS) is 20.1. The molecular formula is C8H15NO3. The molecule has 1 rings (SSSR count). The van der Waals surface area contributed by atoms with E-state index in [0.29, 0.717) is 19.1 Å². The maximum Gasteiger partial charge on any atom is 0.320 e. The zero-order valence-electron chi connectivity index (χ0n) is 7.03. The average molecular weight is 173 g/mol. The molecule has 1 atom stereocenters. The van der Waals surface area contributed by atoms with E-state index in [-0.39, 0.29) is 0 Å². The third kappa shape index (κ3) is 2.79. The Morgan fingerprint density at radius 1 is 1.67 bits per heavy atom. The first-order valence-electron chi connectivity index (χ1n) is 4.30. The van der Waals surface area contributed by atoms with E-state index in [1.165, 1.54) is 6.42 Å². The van der Waals surface area contributed by atoms with Crippen LogP contribution in [-0.4, -0.2) is 29.8 Å². The number of aliphatic carboxylic acids is 1. The molecule has 0 aromatic heterocycles. The van der Waals surface area contributed by atoms with Crippen LogP contribution in [0.5, 0.6) is 0 Å². The SMILES string of the molecule is NC(CCOC1CCC1)C(=O)O. The van der Waals surface area contributed by atoms with Gasteiger partial charge in [-0.1, -0.05) is 0 Å². The maximum atomic E-state index is 10.3. The second-order valence-electron chi connectivity index (χ2n) is 3.16. The van der Waals surface area contributed by atoms with Gasteiger partial charge in [0.15, 0.2) is 0 Å². The van der Waals surface area contributed by atoms with Crippen molar-refractivity contribution in [3.05, 3.63) is 0 Å². The summed E-state index contributed by atoms with van der Waals surface area (Å²) in [5, 5.41) is 8.44. The number of ether oxygens (including phenoxy) is 1. The summed E-state index contributed by atoms with van der Waals surface area (Å²) in [4.78, 5) is 10.3. The lowest BCUT2D eigenvalue weighted by Gasteiger charge is -2.25. The van der Waals surface area contributed by atoms with Crippen LogP contribution in [-0.2, 0) is 9.53 Å². The van der Waals surface area contributed by atoms with Crippen molar-refractivity contribution in [1.29, 1.82) is 0 Å². The van der Waals surface area contributed by atoms with E-state index in [1.54, 1.807) is 0 Å². The van der Waals surface area contributed by atoms with Crippen LogP contribution in [0.15, 0.2) is 0 Å². The summed E-state index contributed by atoms with van der Waals surface area (Å²) >= 11 is 0. The molecule has 70 valence electrons. The molecule has 1 saturated carbocycles. The van der Waals surface area contributed by atoms with Crippen LogP contribution in [0, 0.1) is 0 Å². The average Bonchev–Trinajstić information content (AvgIpc) is 1.93. The predicted octanol–water partition coefficient (Wildman–Crippen LogP) is 0.357. The molecule has 1 unspecified atom stereocenters. The topological polar surface area (TPSA) is 72.5 Å². The van der Waals surface area contributed by atoms with Crippen molar-refractivity contribution >= 4 is 5.97 Å². The summed E-state index contributed by atoms with van der Waals surface area (Å²) in [5.74, 6) is -0.952. The Morgan fingerprint density at radius 3 is 2.75 bits per heavy atom. The van der Waals surface area contributed by atoms with Gasteiger partial charge >= 0.3 is 5.97 Å². The van der Waals surface area contributed by atoms with E-state index in [0.717, 1.165) is 12.8 Å². The van der Waals surface area contributed by atoms with Gasteiger partial charge in [-0.05, 0) is 25.7 Å². The lowest BCUT2D eigenvalue weighted by molar-refractivity contribution is -0.139. The minimum Gasteiger partial charge on any atom is -0.480 e. The van der Waals surface area contributed by atoms with Gasteiger partial charge in [0.05, 0.1) is 6.10 Å². The Bertz CT molecular complexity index is 156. The number of hydrogen-bond donors (Lipinski definition) is 2. The van der Waals surface area contributed by atoms with Gasteiger partial charge in [-0.2, -0.15) is 0 Å². The van der Waals surface area contributed by atoms with E-state index in [4.69, 9.17) is 15.6 Å². The molecule has 0 aliphatic heterocycles. The van der Waals surface area contributed by atoms with Crippen LogP contribution < -0.4 is 5.73 Å². The van der Waals surface area contributed by atoms with Crippen molar-refractivity contribution in [3.63, 3.8) is 0 Å². The number of carboxylic acid groups (broad SMARTS) is 1. The monoisotopic (exact) mass is 173 g/mol. The van der Waals surface area contributed by atoms with Crippen LogP contribution in [0.3, 0.4) is 0 Å². The van der Waals surface area contributed by atoms with E-state index in [2.05, 4.69) is 0 Å². The molecule has 3 N–H and O–H groups in total. The summed E-state index contributed by atoms with van der Waals surface area (Å²) in [6.45, 7) is 0.470. The second-order valence-corrected chi connectivity index (χ2v) is 3.16. The molecule has 1 fully saturated rings. The molecule has 0 heterocycles. The summed E-state index contributed by atoms with van der Waals surface area (Å²) in [5.41, 5.74) is 5.28. The van der Waals surface area contributed by atoms with Gasteiger partial charge < -0.3 is 15.6 Å². The molecule has 4 heteroatoms. The van der Waals surface area contributed by atoms with Crippen molar-refractivity contribution in [3.8, 4) is 0 Å². The number of hydrogen-bond acceptors (Lipinski definition) is 3. The summed E-state index contributed by atoms with van der Waals surface area (Å²) in [6.07, 6.45) is 4.23. The Morgan fingerprint density at radius 2 is 2.33 bits per heavy atom. The Hall–Kier alpha value is -0.610.